The number of nitrogens with zero attached hydrogens (tertiary/aromatic N) is 3. The van der Waals surface area contributed by atoms with Crippen molar-refractivity contribution in [2.24, 2.45) is 15.2 Å². The van der Waals surface area contributed by atoms with Gasteiger partial charge >= 0.3 is 5.97 Å². The summed E-state index contributed by atoms with van der Waals surface area (Å²) >= 11 is 1.03. The highest BCUT2D eigenvalue weighted by molar-refractivity contribution is 8.15. The predicted molar refractivity (Wildman–Crippen MR) is 124 cm³/mol. The molecule has 1 unspecified atom stereocenters. The van der Waals surface area contributed by atoms with E-state index in [0.29, 0.717) is 22.2 Å². The summed E-state index contributed by atoms with van der Waals surface area (Å²) in [5.74, 6) is -1.44. The van der Waals surface area contributed by atoms with Gasteiger partial charge in [-0.2, -0.15) is 4.99 Å². The van der Waals surface area contributed by atoms with Crippen molar-refractivity contribution in [2.45, 2.75) is 18.6 Å². The maximum Gasteiger partial charge on any atom is 0.338 e. The molecule has 10 nitrogen and oxygen atoms in total. The number of benzene rings is 2. The van der Waals surface area contributed by atoms with E-state index in [2.05, 4.69) is 25.5 Å². The fraction of sp³-hybridized carbons (Fsp3) is 0.182. The smallest absolute Gasteiger partial charge is 0.338 e. The second-order valence-electron chi connectivity index (χ2n) is 6.96. The average Bonchev–Trinajstić information content (AvgIpc) is 3.30. The van der Waals surface area contributed by atoms with Crippen LogP contribution < -0.4 is 5.32 Å². The third-order valence-electron chi connectivity index (χ3n) is 4.67. The minimum absolute atomic E-state index is 0.107. The number of hydrogen-bond acceptors (Lipinski definition) is 8. The molecule has 4 rings (SSSR count). The van der Waals surface area contributed by atoms with Crippen molar-refractivity contribution in [3.05, 3.63) is 54.1 Å². The first-order valence-electron chi connectivity index (χ1n) is 10.0. The summed E-state index contributed by atoms with van der Waals surface area (Å²) in [5, 5.41) is 20.8. The number of carbonyl (C=O) groups excluding carboxylic acids is 3. The monoisotopic (exact) mass is 465 g/mol. The van der Waals surface area contributed by atoms with Crippen molar-refractivity contribution >= 4 is 57.0 Å². The molecular weight excluding hydrogens is 446 g/mol. The number of thioether (sulfide) groups is 1. The number of para-hydroxylation sites is 1. The van der Waals surface area contributed by atoms with E-state index in [0.717, 1.165) is 11.8 Å². The highest BCUT2D eigenvalue weighted by Gasteiger charge is 2.31. The van der Waals surface area contributed by atoms with E-state index in [1.54, 1.807) is 49.4 Å². The summed E-state index contributed by atoms with van der Waals surface area (Å²) in [6.45, 7) is 1.99. The van der Waals surface area contributed by atoms with E-state index in [-0.39, 0.29) is 35.7 Å². The number of aromatic amines is 1. The van der Waals surface area contributed by atoms with Gasteiger partial charge in [0.25, 0.3) is 5.91 Å². The summed E-state index contributed by atoms with van der Waals surface area (Å²) in [6.07, 6.45) is -0.107. The molecule has 0 aliphatic carbocycles. The minimum Gasteiger partial charge on any atom is -0.493 e. The molecule has 1 aromatic heterocycles. The van der Waals surface area contributed by atoms with E-state index < -0.39 is 17.1 Å². The Morgan fingerprint density at radius 3 is 2.70 bits per heavy atom. The first kappa shape index (κ1) is 22.2. The maximum atomic E-state index is 12.4. The van der Waals surface area contributed by atoms with Crippen LogP contribution in [0, 0.1) is 0 Å². The Morgan fingerprint density at radius 2 is 1.94 bits per heavy atom. The van der Waals surface area contributed by atoms with Crippen LogP contribution in [0.1, 0.15) is 23.7 Å². The minimum atomic E-state index is -0.727. The number of aromatic nitrogens is 1. The quantitative estimate of drug-likeness (QED) is 0.368. The zero-order chi connectivity index (χ0) is 23.4. The SMILES string of the molecule is CCOC(=O)c1ccc(NC(=O)CC2SC(N=Nc3c(O)[nH]c4ccccc34)=NC2=O)cc1. The molecule has 168 valence electrons. The van der Waals surface area contributed by atoms with Crippen LogP contribution >= 0.6 is 11.8 Å². The van der Waals surface area contributed by atoms with Crippen molar-refractivity contribution in [2.75, 3.05) is 11.9 Å². The molecule has 2 amide bonds. The van der Waals surface area contributed by atoms with Gasteiger partial charge in [0.2, 0.25) is 17.0 Å². The molecule has 2 heterocycles. The summed E-state index contributed by atoms with van der Waals surface area (Å²) < 4.78 is 4.92. The average molecular weight is 465 g/mol. The first-order chi connectivity index (χ1) is 15.9. The summed E-state index contributed by atoms with van der Waals surface area (Å²) in [5.41, 5.74) is 1.81. The number of esters is 1. The number of aromatic hydroxyl groups is 1. The molecule has 0 bridgehead atoms. The third kappa shape index (κ3) is 5.09. The number of hydrogen-bond donors (Lipinski definition) is 3. The van der Waals surface area contributed by atoms with Crippen molar-refractivity contribution in [3.63, 3.8) is 0 Å². The first-order valence-corrected chi connectivity index (χ1v) is 10.9. The van der Waals surface area contributed by atoms with E-state index >= 15 is 0 Å². The second kappa shape index (κ2) is 9.65. The molecule has 1 aliphatic rings. The fourth-order valence-corrected chi connectivity index (χ4v) is 4.01. The lowest BCUT2D eigenvalue weighted by Gasteiger charge is -2.08. The number of carbonyl (C=O) groups is 3. The lowest BCUT2D eigenvalue weighted by atomic mass is 10.2. The normalized spacial score (nSPS) is 15.7. The van der Waals surface area contributed by atoms with E-state index in [4.69, 9.17) is 4.74 Å². The summed E-state index contributed by atoms with van der Waals surface area (Å²) in [6, 6.07) is 13.4. The summed E-state index contributed by atoms with van der Waals surface area (Å²) in [7, 11) is 0. The van der Waals surface area contributed by atoms with Gasteiger partial charge < -0.3 is 20.1 Å². The van der Waals surface area contributed by atoms with Gasteiger partial charge in [-0.25, -0.2) is 4.79 Å². The lowest BCUT2D eigenvalue weighted by molar-refractivity contribution is -0.121. The van der Waals surface area contributed by atoms with Crippen molar-refractivity contribution in [1.29, 1.82) is 0 Å². The van der Waals surface area contributed by atoms with Crippen LogP contribution in [0.3, 0.4) is 0 Å². The van der Waals surface area contributed by atoms with Gasteiger partial charge in [-0.05, 0) is 37.3 Å². The number of azo groups is 1. The van der Waals surface area contributed by atoms with E-state index in [1.807, 2.05) is 6.07 Å². The van der Waals surface area contributed by atoms with Crippen LogP contribution in [0.5, 0.6) is 5.88 Å². The van der Waals surface area contributed by atoms with Crippen molar-refractivity contribution < 1.29 is 24.2 Å². The second-order valence-corrected chi connectivity index (χ2v) is 8.13. The zero-order valence-electron chi connectivity index (χ0n) is 17.4. The van der Waals surface area contributed by atoms with E-state index in [1.165, 1.54) is 0 Å². The molecule has 1 aliphatic heterocycles. The Bertz CT molecular complexity index is 1280. The highest BCUT2D eigenvalue weighted by atomic mass is 32.2. The van der Waals surface area contributed by atoms with Crippen LogP contribution in [-0.4, -0.2) is 44.9 Å². The van der Waals surface area contributed by atoms with Crippen LogP contribution in [0.25, 0.3) is 10.9 Å². The topological polar surface area (TPSA) is 146 Å². The number of ether oxygens (including phenoxy) is 1. The zero-order valence-corrected chi connectivity index (χ0v) is 18.3. The molecule has 0 saturated heterocycles. The fourth-order valence-electron chi connectivity index (χ4n) is 3.14. The standard InChI is InChI=1S/C22H19N5O5S/c1-2-32-21(31)12-7-9-13(10-8-12)23-17(28)11-16-19(29)25-22(33-16)27-26-18-14-5-3-4-6-15(14)24-20(18)30/h3-10,16,24,30H,2,11H2,1H3,(H,23,28). The number of fused-ring (bicyclic) bond motifs is 1. The number of H-pyrrole nitrogens is 1. The van der Waals surface area contributed by atoms with Crippen LogP contribution in [0.15, 0.2) is 63.8 Å². The predicted octanol–water partition coefficient (Wildman–Crippen LogP) is 4.16. The molecular formula is C22H19N5O5S. The van der Waals surface area contributed by atoms with Crippen LogP contribution in [0.2, 0.25) is 0 Å². The lowest BCUT2D eigenvalue weighted by Crippen LogP contribution is -2.21. The number of anilines is 1. The van der Waals surface area contributed by atoms with Gasteiger partial charge in [0.1, 0.15) is 5.25 Å². The Balaban J connectivity index is 1.34. The van der Waals surface area contributed by atoms with Gasteiger partial charge in [0.05, 0.1) is 17.7 Å². The number of nitrogens with one attached hydrogen (secondary N) is 2. The molecule has 0 saturated carbocycles. The molecule has 0 fully saturated rings. The van der Waals surface area contributed by atoms with Crippen LogP contribution in [0.4, 0.5) is 11.4 Å². The van der Waals surface area contributed by atoms with E-state index in [9.17, 15) is 19.5 Å². The van der Waals surface area contributed by atoms with Gasteiger partial charge in [-0.1, -0.05) is 30.0 Å². The molecule has 1 atom stereocenters. The Morgan fingerprint density at radius 1 is 1.18 bits per heavy atom. The largest absolute Gasteiger partial charge is 0.493 e. The van der Waals surface area contributed by atoms with Crippen LogP contribution in [-0.2, 0) is 14.3 Å². The summed E-state index contributed by atoms with van der Waals surface area (Å²) in [4.78, 5) is 42.9. The number of aliphatic imine (C=N–C) groups is 1. The van der Waals surface area contributed by atoms with Crippen molar-refractivity contribution in [1.82, 2.24) is 4.98 Å². The molecule has 33 heavy (non-hydrogen) atoms. The molecule has 11 heteroatoms. The number of rotatable bonds is 6. The molecule has 3 aromatic rings. The molecule has 0 radical (unpaired) electrons. The Kier molecular flexibility index (Phi) is 6.50. The Labute approximate surface area is 192 Å². The Hall–Kier alpha value is -3.99. The van der Waals surface area contributed by atoms with Gasteiger partial charge in [-0.15, -0.1) is 10.2 Å². The molecule has 2 aromatic carbocycles. The molecule has 3 N–H and O–H groups in total. The van der Waals surface area contributed by atoms with Gasteiger partial charge in [-0.3, -0.25) is 9.59 Å². The highest BCUT2D eigenvalue weighted by Crippen LogP contribution is 2.36. The van der Waals surface area contributed by atoms with Gasteiger partial charge in [0.15, 0.2) is 5.69 Å². The number of amidine groups is 1. The van der Waals surface area contributed by atoms with Crippen molar-refractivity contribution in [3.8, 4) is 5.88 Å². The number of amides is 2. The maximum absolute atomic E-state index is 12.4. The third-order valence-corrected chi connectivity index (χ3v) is 5.71. The van der Waals surface area contributed by atoms with Gasteiger partial charge in [0, 0.05) is 17.5 Å². The molecule has 0 spiro atoms.